The Morgan fingerprint density at radius 1 is 1.00 bits per heavy atom. The van der Waals surface area contributed by atoms with Crippen LogP contribution >= 0.6 is 23.4 Å². The van der Waals surface area contributed by atoms with Crippen LogP contribution in [0.15, 0.2) is 76.3 Å². The molecule has 6 nitrogen and oxygen atoms in total. The van der Waals surface area contributed by atoms with Gasteiger partial charge in [0.2, 0.25) is 0 Å². The summed E-state index contributed by atoms with van der Waals surface area (Å²) in [6.45, 7) is 1.93. The molecule has 0 fully saturated rings. The number of aromatic nitrogens is 3. The van der Waals surface area contributed by atoms with Crippen LogP contribution in [0.25, 0.3) is 11.3 Å². The van der Waals surface area contributed by atoms with Gasteiger partial charge in [-0.2, -0.15) is 0 Å². The number of nitrogens with zero attached hydrogens (tertiary/aromatic N) is 4. The molecule has 4 rings (SSSR count). The number of furan rings is 1. The second kappa shape index (κ2) is 10.7. The number of para-hydroxylation sites is 1. The third-order valence-electron chi connectivity index (χ3n) is 4.89. The van der Waals surface area contributed by atoms with Crippen molar-refractivity contribution in [2.75, 3.05) is 19.4 Å². The van der Waals surface area contributed by atoms with E-state index < -0.39 is 0 Å². The first-order valence-electron chi connectivity index (χ1n) is 10.3. The molecule has 0 aliphatic heterocycles. The van der Waals surface area contributed by atoms with E-state index in [-0.39, 0.29) is 0 Å². The number of rotatable bonds is 10. The molecule has 4 aromatic rings. The van der Waals surface area contributed by atoms with E-state index in [2.05, 4.69) is 15.1 Å². The van der Waals surface area contributed by atoms with E-state index in [9.17, 15) is 0 Å². The minimum atomic E-state index is 0.614. The molecule has 2 aromatic heterocycles. The Labute approximate surface area is 197 Å². The molecule has 0 saturated carbocycles. The molecule has 0 N–H and O–H groups in total. The predicted molar refractivity (Wildman–Crippen MR) is 128 cm³/mol. The molecular weight excluding hydrogens is 444 g/mol. The SMILES string of the molecule is CN(Cc1ccc(-c2ccccc2Cl)o1)Cc1nnc(SCCOc2ccccc2)n1C. The first kappa shape index (κ1) is 22.5. The van der Waals surface area contributed by atoms with Crippen LogP contribution in [0.5, 0.6) is 5.75 Å². The number of thioether (sulfide) groups is 1. The molecule has 0 bridgehead atoms. The maximum Gasteiger partial charge on any atom is 0.191 e. The molecular formula is C24H25ClN4O2S. The number of hydrogen-bond donors (Lipinski definition) is 0. The van der Waals surface area contributed by atoms with Gasteiger partial charge in [0.25, 0.3) is 0 Å². The molecule has 0 amide bonds. The maximum absolute atomic E-state index is 6.28. The second-order valence-electron chi connectivity index (χ2n) is 7.39. The van der Waals surface area contributed by atoms with E-state index in [0.29, 0.717) is 24.7 Å². The summed E-state index contributed by atoms with van der Waals surface area (Å²) < 4.78 is 13.8. The van der Waals surface area contributed by atoms with E-state index in [1.165, 1.54) is 0 Å². The fraction of sp³-hybridized carbons (Fsp3) is 0.250. The third-order valence-corrected chi connectivity index (χ3v) is 6.20. The molecule has 0 spiro atoms. The molecule has 2 aromatic carbocycles. The van der Waals surface area contributed by atoms with Gasteiger partial charge < -0.3 is 13.7 Å². The van der Waals surface area contributed by atoms with E-state index >= 15 is 0 Å². The highest BCUT2D eigenvalue weighted by molar-refractivity contribution is 7.99. The molecule has 0 aliphatic rings. The van der Waals surface area contributed by atoms with Crippen LogP contribution in [0, 0.1) is 0 Å². The van der Waals surface area contributed by atoms with Crippen molar-refractivity contribution in [3.8, 4) is 17.1 Å². The lowest BCUT2D eigenvalue weighted by molar-refractivity contribution is 0.279. The molecule has 0 atom stereocenters. The summed E-state index contributed by atoms with van der Waals surface area (Å²) in [5, 5.41) is 10.2. The smallest absolute Gasteiger partial charge is 0.191 e. The van der Waals surface area contributed by atoms with Crippen molar-refractivity contribution in [2.24, 2.45) is 7.05 Å². The molecule has 32 heavy (non-hydrogen) atoms. The van der Waals surface area contributed by atoms with Crippen molar-refractivity contribution < 1.29 is 9.15 Å². The number of hydrogen-bond acceptors (Lipinski definition) is 6. The summed E-state index contributed by atoms with van der Waals surface area (Å²) in [6.07, 6.45) is 0. The van der Waals surface area contributed by atoms with Crippen LogP contribution in [0.2, 0.25) is 5.02 Å². The van der Waals surface area contributed by atoms with Gasteiger partial charge in [0.15, 0.2) is 5.16 Å². The van der Waals surface area contributed by atoms with E-state index in [1.807, 2.05) is 85.4 Å². The Balaban J connectivity index is 1.28. The van der Waals surface area contributed by atoms with Gasteiger partial charge in [-0.05, 0) is 43.4 Å². The average Bonchev–Trinajstić information content (AvgIpc) is 3.39. The van der Waals surface area contributed by atoms with Crippen LogP contribution in [0.4, 0.5) is 0 Å². The average molecular weight is 469 g/mol. The van der Waals surface area contributed by atoms with Crippen LogP contribution in [0.3, 0.4) is 0 Å². The van der Waals surface area contributed by atoms with Crippen molar-refractivity contribution in [3.63, 3.8) is 0 Å². The lowest BCUT2D eigenvalue weighted by atomic mass is 10.2. The summed E-state index contributed by atoms with van der Waals surface area (Å²) in [4.78, 5) is 2.15. The Bertz CT molecular complexity index is 1150. The zero-order chi connectivity index (χ0) is 22.3. The fourth-order valence-corrected chi connectivity index (χ4v) is 4.23. The van der Waals surface area contributed by atoms with E-state index in [0.717, 1.165) is 39.6 Å². The van der Waals surface area contributed by atoms with E-state index in [1.54, 1.807) is 11.8 Å². The highest BCUT2D eigenvalue weighted by Crippen LogP contribution is 2.29. The molecule has 0 saturated heterocycles. The first-order valence-corrected chi connectivity index (χ1v) is 11.7. The summed E-state index contributed by atoms with van der Waals surface area (Å²) in [5.74, 6) is 4.22. The van der Waals surface area contributed by atoms with Crippen LogP contribution < -0.4 is 4.74 Å². The van der Waals surface area contributed by atoms with Gasteiger partial charge in [0.05, 0.1) is 24.7 Å². The van der Waals surface area contributed by atoms with Gasteiger partial charge in [0.1, 0.15) is 23.1 Å². The van der Waals surface area contributed by atoms with Crippen molar-refractivity contribution in [2.45, 2.75) is 18.2 Å². The molecule has 8 heteroatoms. The van der Waals surface area contributed by atoms with Crippen LogP contribution in [-0.4, -0.2) is 39.1 Å². The zero-order valence-electron chi connectivity index (χ0n) is 18.1. The largest absolute Gasteiger partial charge is 0.493 e. The molecule has 166 valence electrons. The normalized spacial score (nSPS) is 11.2. The van der Waals surface area contributed by atoms with Gasteiger partial charge in [-0.15, -0.1) is 10.2 Å². The molecule has 0 unspecified atom stereocenters. The minimum absolute atomic E-state index is 0.614. The number of halogens is 1. The van der Waals surface area contributed by atoms with Crippen molar-refractivity contribution in [1.29, 1.82) is 0 Å². The van der Waals surface area contributed by atoms with Crippen LogP contribution in [0.1, 0.15) is 11.6 Å². The maximum atomic E-state index is 6.28. The van der Waals surface area contributed by atoms with Gasteiger partial charge in [-0.1, -0.05) is 53.7 Å². The Morgan fingerprint density at radius 2 is 1.78 bits per heavy atom. The van der Waals surface area contributed by atoms with E-state index in [4.69, 9.17) is 20.8 Å². The summed E-state index contributed by atoms with van der Waals surface area (Å²) >= 11 is 7.91. The standard InChI is InChI=1S/C24H25ClN4O2S/c1-28(16-19-12-13-22(31-19)20-10-6-7-11-21(20)25)17-23-26-27-24(29(23)2)32-15-14-30-18-8-4-3-5-9-18/h3-13H,14-17H2,1-2H3. The number of ether oxygens (including phenoxy) is 1. The lowest BCUT2D eigenvalue weighted by Gasteiger charge is -2.14. The van der Waals surface area contributed by atoms with Gasteiger partial charge >= 0.3 is 0 Å². The van der Waals surface area contributed by atoms with Crippen molar-refractivity contribution in [3.05, 3.63) is 83.3 Å². The Kier molecular flexibility index (Phi) is 7.52. The van der Waals surface area contributed by atoms with Gasteiger partial charge in [-0.25, -0.2) is 0 Å². The second-order valence-corrected chi connectivity index (χ2v) is 8.86. The molecule has 0 aliphatic carbocycles. The minimum Gasteiger partial charge on any atom is -0.493 e. The summed E-state index contributed by atoms with van der Waals surface area (Å²) in [5.41, 5.74) is 0.897. The lowest BCUT2D eigenvalue weighted by Crippen LogP contribution is -2.19. The summed E-state index contributed by atoms with van der Waals surface area (Å²) in [6, 6.07) is 21.4. The quantitative estimate of drug-likeness (QED) is 0.225. The van der Waals surface area contributed by atoms with Gasteiger partial charge in [-0.3, -0.25) is 4.90 Å². The van der Waals surface area contributed by atoms with Crippen molar-refractivity contribution in [1.82, 2.24) is 19.7 Å². The fourth-order valence-electron chi connectivity index (χ4n) is 3.25. The molecule has 0 radical (unpaired) electrons. The zero-order valence-corrected chi connectivity index (χ0v) is 19.6. The summed E-state index contributed by atoms with van der Waals surface area (Å²) in [7, 11) is 4.03. The number of benzene rings is 2. The highest BCUT2D eigenvalue weighted by atomic mass is 35.5. The molecule has 2 heterocycles. The monoisotopic (exact) mass is 468 g/mol. The van der Waals surface area contributed by atoms with Crippen molar-refractivity contribution >= 4 is 23.4 Å². The Morgan fingerprint density at radius 3 is 2.59 bits per heavy atom. The first-order chi connectivity index (χ1) is 15.6. The van der Waals surface area contributed by atoms with Crippen LogP contribution in [-0.2, 0) is 20.1 Å². The highest BCUT2D eigenvalue weighted by Gasteiger charge is 2.14. The predicted octanol–water partition coefficient (Wildman–Crippen LogP) is 5.53. The third kappa shape index (κ3) is 5.73. The Hall–Kier alpha value is -2.74. The van der Waals surface area contributed by atoms with Gasteiger partial charge in [0, 0.05) is 18.4 Å². The topological polar surface area (TPSA) is 56.3 Å².